The fraction of sp³-hybridized carbons (Fsp3) is 0. The molecule has 3 heterocycles. The predicted molar refractivity (Wildman–Crippen MR) is 209 cm³/mol. The minimum Gasteiger partial charge on any atom is -0.256 e. The van der Waals surface area contributed by atoms with E-state index in [0.29, 0.717) is 0 Å². The lowest BCUT2D eigenvalue weighted by atomic mass is 9.92. The second-order valence-corrected chi connectivity index (χ2v) is 12.8. The molecule has 232 valence electrons. The van der Waals surface area contributed by atoms with Crippen LogP contribution in [-0.4, -0.2) is 15.0 Å². The van der Waals surface area contributed by atoms with Gasteiger partial charge in [-0.15, -0.1) is 0 Å². The summed E-state index contributed by atoms with van der Waals surface area (Å²) in [7, 11) is 0. The van der Waals surface area contributed by atoms with Crippen LogP contribution in [0.25, 0.3) is 99.0 Å². The topological polar surface area (TPSA) is 38.7 Å². The van der Waals surface area contributed by atoms with Crippen LogP contribution in [0.1, 0.15) is 0 Å². The Morgan fingerprint density at radius 3 is 1.90 bits per heavy atom. The molecule has 3 aromatic heterocycles. The lowest BCUT2D eigenvalue weighted by Crippen LogP contribution is -1.93. The van der Waals surface area contributed by atoms with E-state index in [0.717, 1.165) is 54.9 Å². The fourth-order valence-electron chi connectivity index (χ4n) is 7.47. The highest BCUT2D eigenvalue weighted by molar-refractivity contribution is 6.16. The Hall–Kier alpha value is -6.71. The maximum Gasteiger partial charge on any atom is 0.0978 e. The third kappa shape index (κ3) is 4.63. The second kappa shape index (κ2) is 11.5. The van der Waals surface area contributed by atoms with Crippen LogP contribution >= 0.6 is 0 Å². The molecule has 3 heteroatoms. The Morgan fingerprint density at radius 1 is 0.340 bits per heavy atom. The molecule has 0 saturated heterocycles. The molecular formula is C47H29N3. The summed E-state index contributed by atoms with van der Waals surface area (Å²) in [5, 5.41) is 6.84. The Labute approximate surface area is 289 Å². The quantitative estimate of drug-likeness (QED) is 0.143. The number of pyridine rings is 3. The van der Waals surface area contributed by atoms with Gasteiger partial charge < -0.3 is 0 Å². The third-order valence-corrected chi connectivity index (χ3v) is 9.91. The molecule has 0 bridgehead atoms. The van der Waals surface area contributed by atoms with Crippen LogP contribution in [-0.2, 0) is 0 Å². The highest BCUT2D eigenvalue weighted by Crippen LogP contribution is 2.40. The van der Waals surface area contributed by atoms with E-state index < -0.39 is 0 Å². The van der Waals surface area contributed by atoms with Crippen molar-refractivity contribution in [3.8, 4) is 44.6 Å². The molecule has 50 heavy (non-hydrogen) atoms. The first-order valence-electron chi connectivity index (χ1n) is 16.9. The third-order valence-electron chi connectivity index (χ3n) is 9.91. The zero-order chi connectivity index (χ0) is 33.0. The van der Waals surface area contributed by atoms with Gasteiger partial charge in [0, 0.05) is 38.9 Å². The van der Waals surface area contributed by atoms with E-state index in [4.69, 9.17) is 9.97 Å². The molecule has 0 fully saturated rings. The molecule has 3 nitrogen and oxygen atoms in total. The lowest BCUT2D eigenvalue weighted by molar-refractivity contribution is 1.40. The maximum absolute atomic E-state index is 5.37. The average molecular weight is 636 g/mol. The predicted octanol–water partition coefficient (Wildman–Crippen LogP) is 12.3. The molecule has 0 radical (unpaired) electrons. The number of para-hydroxylation sites is 1. The number of benzene rings is 7. The first-order chi connectivity index (χ1) is 24.8. The van der Waals surface area contributed by atoms with Crippen LogP contribution in [0.3, 0.4) is 0 Å². The summed E-state index contributed by atoms with van der Waals surface area (Å²) in [5.41, 5.74) is 13.0. The molecule has 0 unspecified atom stereocenters. The maximum atomic E-state index is 5.37. The minimum atomic E-state index is 0.913. The summed E-state index contributed by atoms with van der Waals surface area (Å²) in [4.78, 5) is 15.1. The molecule has 0 N–H and O–H groups in total. The van der Waals surface area contributed by atoms with Crippen molar-refractivity contribution >= 4 is 54.4 Å². The molecule has 10 aromatic rings. The van der Waals surface area contributed by atoms with E-state index in [2.05, 4.69) is 169 Å². The molecule has 0 aliphatic carbocycles. The highest BCUT2D eigenvalue weighted by Gasteiger charge is 2.16. The van der Waals surface area contributed by atoms with Gasteiger partial charge >= 0.3 is 0 Å². The molecule has 0 amide bonds. The smallest absolute Gasteiger partial charge is 0.0978 e. The minimum absolute atomic E-state index is 0.913. The van der Waals surface area contributed by atoms with Gasteiger partial charge in [0.05, 0.1) is 27.8 Å². The number of rotatable bonds is 4. The number of hydrogen-bond donors (Lipinski definition) is 0. The number of hydrogen-bond acceptors (Lipinski definition) is 3. The molecule has 0 atom stereocenters. The van der Waals surface area contributed by atoms with Gasteiger partial charge in [0.2, 0.25) is 0 Å². The van der Waals surface area contributed by atoms with Gasteiger partial charge in [-0.05, 0) is 68.9 Å². The Kier molecular flexibility index (Phi) is 6.49. The average Bonchev–Trinajstić information content (AvgIpc) is 3.19. The summed E-state index contributed by atoms with van der Waals surface area (Å²) in [6.07, 6.45) is 1.84. The molecule has 0 saturated carbocycles. The van der Waals surface area contributed by atoms with Gasteiger partial charge in [-0.1, -0.05) is 140 Å². The van der Waals surface area contributed by atoms with Gasteiger partial charge in [-0.2, -0.15) is 0 Å². The van der Waals surface area contributed by atoms with Crippen LogP contribution in [0.5, 0.6) is 0 Å². The highest BCUT2D eigenvalue weighted by atomic mass is 14.8. The van der Waals surface area contributed by atoms with Crippen molar-refractivity contribution in [3.63, 3.8) is 0 Å². The molecule has 0 aliphatic heterocycles. The Morgan fingerprint density at radius 2 is 1.04 bits per heavy atom. The first-order valence-corrected chi connectivity index (χ1v) is 16.9. The summed E-state index contributed by atoms with van der Waals surface area (Å²) >= 11 is 0. The summed E-state index contributed by atoms with van der Waals surface area (Å²) in [6, 6.07) is 60.3. The van der Waals surface area contributed by atoms with E-state index >= 15 is 0 Å². The largest absolute Gasteiger partial charge is 0.256 e. The van der Waals surface area contributed by atoms with Gasteiger partial charge in [-0.3, -0.25) is 4.98 Å². The van der Waals surface area contributed by atoms with Gasteiger partial charge in [-0.25, -0.2) is 9.97 Å². The van der Waals surface area contributed by atoms with Crippen LogP contribution in [0, 0.1) is 0 Å². The van der Waals surface area contributed by atoms with Crippen molar-refractivity contribution in [3.05, 3.63) is 176 Å². The molecule has 10 rings (SSSR count). The Bertz CT molecular complexity index is 2910. The molecular weight excluding hydrogens is 607 g/mol. The second-order valence-electron chi connectivity index (χ2n) is 12.8. The molecule has 0 spiro atoms. The number of nitrogens with zero attached hydrogens (tertiary/aromatic N) is 3. The van der Waals surface area contributed by atoms with Gasteiger partial charge in [0.15, 0.2) is 0 Å². The van der Waals surface area contributed by atoms with Crippen molar-refractivity contribution in [2.24, 2.45) is 0 Å². The summed E-state index contributed by atoms with van der Waals surface area (Å²) < 4.78 is 0. The monoisotopic (exact) mass is 635 g/mol. The molecule has 0 aliphatic rings. The Balaban J connectivity index is 1.10. The van der Waals surface area contributed by atoms with Crippen molar-refractivity contribution in [2.75, 3.05) is 0 Å². The fourth-order valence-corrected chi connectivity index (χ4v) is 7.47. The van der Waals surface area contributed by atoms with Crippen molar-refractivity contribution < 1.29 is 0 Å². The summed E-state index contributed by atoms with van der Waals surface area (Å²) in [6.45, 7) is 0. The van der Waals surface area contributed by atoms with Crippen LogP contribution in [0.4, 0.5) is 0 Å². The first kappa shape index (κ1) is 28.3. The number of fused-ring (bicyclic) bond motifs is 6. The van der Waals surface area contributed by atoms with E-state index in [1.54, 1.807) is 0 Å². The standard InChI is InChI=1S/C47H29N3/c1-2-9-32(10-3-1)45-40-14-6-7-15-43(40)50-47-41(45)23-20-33-21-27-44(49-46(33)47)39-25-24-36(37-12-4-5-13-38(37)39)31-18-16-30(17-19-31)34-22-26-42-35(29-34)11-8-28-48-42/h1-29H. The van der Waals surface area contributed by atoms with Crippen molar-refractivity contribution in [1.82, 2.24) is 15.0 Å². The summed E-state index contributed by atoms with van der Waals surface area (Å²) in [5.74, 6) is 0. The lowest BCUT2D eigenvalue weighted by Gasteiger charge is -2.15. The van der Waals surface area contributed by atoms with Crippen LogP contribution in [0.15, 0.2) is 176 Å². The van der Waals surface area contributed by atoms with E-state index in [9.17, 15) is 0 Å². The SMILES string of the molecule is c1ccc(-c2c3ccccc3nc3c2ccc2ccc(-c4ccc(-c5ccc(-c6ccc7ncccc7c6)cc5)c5ccccc45)nc23)cc1. The van der Waals surface area contributed by atoms with E-state index in [1.807, 2.05) is 12.3 Å². The normalized spacial score (nSPS) is 11.6. The van der Waals surface area contributed by atoms with E-state index in [1.165, 1.54) is 44.2 Å². The zero-order valence-corrected chi connectivity index (χ0v) is 27.1. The van der Waals surface area contributed by atoms with E-state index in [-0.39, 0.29) is 0 Å². The van der Waals surface area contributed by atoms with Crippen molar-refractivity contribution in [2.45, 2.75) is 0 Å². The van der Waals surface area contributed by atoms with Crippen LogP contribution in [0.2, 0.25) is 0 Å². The van der Waals surface area contributed by atoms with Gasteiger partial charge in [0.25, 0.3) is 0 Å². The zero-order valence-electron chi connectivity index (χ0n) is 27.1. The molecule has 7 aromatic carbocycles. The van der Waals surface area contributed by atoms with Crippen molar-refractivity contribution in [1.29, 1.82) is 0 Å². The van der Waals surface area contributed by atoms with Gasteiger partial charge in [0.1, 0.15) is 0 Å². The van der Waals surface area contributed by atoms with Crippen LogP contribution < -0.4 is 0 Å². The number of aromatic nitrogens is 3.